The van der Waals surface area contributed by atoms with Crippen molar-refractivity contribution in [1.82, 2.24) is 0 Å². The van der Waals surface area contributed by atoms with Crippen molar-refractivity contribution >= 4 is 25.7 Å². The van der Waals surface area contributed by atoms with Crippen LogP contribution in [0.5, 0.6) is 0 Å². The normalized spacial score (nSPS) is 13.4. The number of aliphatic hydroxyl groups is 1. The predicted molar refractivity (Wildman–Crippen MR) is 344 cm³/mol. The van der Waals surface area contributed by atoms with Gasteiger partial charge in [-0.2, -0.15) is 0 Å². The van der Waals surface area contributed by atoms with Crippen LogP contribution in [0.1, 0.15) is 355 Å². The number of esters is 3. The zero-order valence-corrected chi connectivity index (χ0v) is 54.6. The van der Waals surface area contributed by atoms with Crippen LogP contribution in [0.2, 0.25) is 0 Å². The maximum Gasteiger partial charge on any atom is 0.472 e. The maximum atomic E-state index is 13.0. The Labute approximate surface area is 505 Å². The Balaban J connectivity index is 4.62. The number of phosphoric acid groups is 1. The first kappa shape index (κ1) is 79.7. The number of hydrogen-bond donors (Lipinski definition) is 2. The third kappa shape index (κ3) is 62.2. The van der Waals surface area contributed by atoms with Crippen LogP contribution in [0.4, 0.5) is 0 Å². The van der Waals surface area contributed by atoms with E-state index in [0.717, 1.165) is 83.5 Å². The molecule has 11 nitrogen and oxygen atoms in total. The van der Waals surface area contributed by atoms with Crippen LogP contribution in [-0.2, 0) is 42.2 Å². The molecule has 0 saturated heterocycles. The monoisotopic (exact) mass is 1180 g/mol. The minimum Gasteiger partial charge on any atom is -0.462 e. The Hall–Kier alpha value is -2.30. The number of aliphatic hydroxyl groups excluding tert-OH is 1. The highest BCUT2D eigenvalue weighted by Gasteiger charge is 2.28. The Morgan fingerprint density at radius 2 is 0.634 bits per heavy atom. The molecule has 0 saturated carbocycles. The smallest absolute Gasteiger partial charge is 0.462 e. The first-order chi connectivity index (χ1) is 40.2. The quantitative estimate of drug-likeness (QED) is 0.0197. The lowest BCUT2D eigenvalue weighted by atomic mass is 10.0. The van der Waals surface area contributed by atoms with Crippen LogP contribution in [0, 0.1) is 0 Å². The van der Waals surface area contributed by atoms with E-state index >= 15 is 0 Å². The van der Waals surface area contributed by atoms with Crippen LogP contribution in [0.25, 0.3) is 0 Å². The van der Waals surface area contributed by atoms with Gasteiger partial charge >= 0.3 is 25.7 Å². The zero-order valence-electron chi connectivity index (χ0n) is 53.7. The molecule has 0 fully saturated rings. The molecule has 3 unspecified atom stereocenters. The second kappa shape index (κ2) is 64.7. The number of phosphoric ester groups is 1. The number of carbonyl (C=O) groups excluding carboxylic acids is 3. The van der Waals surface area contributed by atoms with E-state index in [-0.39, 0.29) is 25.9 Å². The molecule has 0 aromatic carbocycles. The molecule has 2 N–H and O–H groups in total. The number of rotatable bonds is 66. The van der Waals surface area contributed by atoms with Crippen molar-refractivity contribution in [3.8, 4) is 0 Å². The molecule has 0 aromatic heterocycles. The standard InChI is InChI=1S/C70H131O11P/c1-4-7-10-13-16-19-22-25-28-31-33-36-39-42-45-48-51-54-57-60-69(73)80-66(62-71)64-78-82(75,76)79-65-67(63-77-68(72)59-56-53-50-47-44-41-38-35-30-27-24-21-18-15-12-9-6-3)81-70(74)61-58-55-52-49-46-43-40-37-34-32-29-26-23-20-17-14-11-8-5-2/h9,12,18,21,27,30,66-67,71H,4-8,10-11,13-17,19-20,22-26,28-29,31-65H2,1-3H3,(H,75,76)/b12-9-,21-18-,30-27-. The molecule has 482 valence electrons. The van der Waals surface area contributed by atoms with Crippen LogP contribution in [0.15, 0.2) is 36.5 Å². The van der Waals surface area contributed by atoms with Gasteiger partial charge in [0.1, 0.15) is 12.7 Å². The van der Waals surface area contributed by atoms with Crippen molar-refractivity contribution in [2.24, 2.45) is 0 Å². The average Bonchev–Trinajstić information content (AvgIpc) is 3.47. The molecule has 0 rings (SSSR count). The third-order valence-electron chi connectivity index (χ3n) is 15.6. The van der Waals surface area contributed by atoms with Crippen molar-refractivity contribution in [1.29, 1.82) is 0 Å². The second-order valence-electron chi connectivity index (χ2n) is 23.7. The number of unbranched alkanes of at least 4 members (excludes halogenated alkanes) is 43. The summed E-state index contributed by atoms with van der Waals surface area (Å²) in [5.41, 5.74) is 0. The summed E-state index contributed by atoms with van der Waals surface area (Å²) in [4.78, 5) is 48.9. The minimum atomic E-state index is -4.75. The van der Waals surface area contributed by atoms with Gasteiger partial charge in [0, 0.05) is 19.3 Å². The SMILES string of the molecule is CC/C=C\C/C=C\C/C=C\CCCCCCCCCC(=O)OCC(COP(=O)(O)OCC(CO)OC(=O)CCCCCCCCCCCCCCCCCCCCC)OC(=O)CCCCCCCCCCCCCCCCCCCCC. The molecular weight excluding hydrogens is 1050 g/mol. The van der Waals surface area contributed by atoms with Crippen LogP contribution in [-0.4, -0.2) is 66.5 Å². The van der Waals surface area contributed by atoms with Crippen LogP contribution < -0.4 is 0 Å². The lowest BCUT2D eigenvalue weighted by molar-refractivity contribution is -0.161. The highest BCUT2D eigenvalue weighted by atomic mass is 31.2. The highest BCUT2D eigenvalue weighted by molar-refractivity contribution is 7.47. The fourth-order valence-electron chi connectivity index (χ4n) is 10.3. The zero-order chi connectivity index (χ0) is 59.8. The molecule has 82 heavy (non-hydrogen) atoms. The van der Waals surface area contributed by atoms with E-state index < -0.39 is 57.8 Å². The fourth-order valence-corrected chi connectivity index (χ4v) is 11.1. The average molecular weight is 1180 g/mol. The first-order valence-corrected chi connectivity index (χ1v) is 36.4. The third-order valence-corrected chi connectivity index (χ3v) is 16.5. The van der Waals surface area contributed by atoms with Gasteiger partial charge < -0.3 is 24.2 Å². The molecule has 12 heteroatoms. The van der Waals surface area contributed by atoms with Crippen molar-refractivity contribution in [2.45, 2.75) is 367 Å². The van der Waals surface area contributed by atoms with E-state index in [2.05, 4.69) is 57.2 Å². The molecule has 0 aliphatic heterocycles. The first-order valence-electron chi connectivity index (χ1n) is 34.9. The summed E-state index contributed by atoms with van der Waals surface area (Å²) in [5, 5.41) is 9.88. The molecule has 0 bridgehead atoms. The van der Waals surface area contributed by atoms with Gasteiger partial charge in [0.15, 0.2) is 6.10 Å². The summed E-state index contributed by atoms with van der Waals surface area (Å²) >= 11 is 0. The molecule has 3 atom stereocenters. The van der Waals surface area contributed by atoms with Gasteiger partial charge in [0.05, 0.1) is 19.8 Å². The largest absolute Gasteiger partial charge is 0.472 e. The van der Waals surface area contributed by atoms with Crippen molar-refractivity contribution in [3.63, 3.8) is 0 Å². The Morgan fingerprint density at radius 3 is 0.976 bits per heavy atom. The van der Waals surface area contributed by atoms with Gasteiger partial charge in [-0.15, -0.1) is 0 Å². The lowest BCUT2D eigenvalue weighted by Gasteiger charge is -2.21. The Kier molecular flexibility index (Phi) is 62.9. The topological polar surface area (TPSA) is 155 Å². The Morgan fingerprint density at radius 1 is 0.354 bits per heavy atom. The lowest BCUT2D eigenvalue weighted by Crippen LogP contribution is -2.30. The molecule has 0 aromatic rings. The molecule has 0 heterocycles. The van der Waals surface area contributed by atoms with Crippen LogP contribution >= 0.6 is 7.82 Å². The van der Waals surface area contributed by atoms with Gasteiger partial charge in [-0.05, 0) is 51.4 Å². The van der Waals surface area contributed by atoms with E-state index in [1.54, 1.807) is 0 Å². The number of carbonyl (C=O) groups is 3. The molecule has 0 aliphatic carbocycles. The van der Waals surface area contributed by atoms with Gasteiger partial charge in [0.2, 0.25) is 0 Å². The number of hydrogen-bond acceptors (Lipinski definition) is 10. The van der Waals surface area contributed by atoms with E-state index in [1.807, 2.05) is 0 Å². The Bertz CT molecular complexity index is 1520. The van der Waals surface area contributed by atoms with Gasteiger partial charge in [-0.3, -0.25) is 23.4 Å². The number of ether oxygens (including phenoxy) is 3. The summed E-state index contributed by atoms with van der Waals surface area (Å²) in [6.45, 7) is 4.63. The second-order valence-corrected chi connectivity index (χ2v) is 25.1. The van der Waals surface area contributed by atoms with E-state index in [4.69, 9.17) is 23.3 Å². The fraction of sp³-hybridized carbons (Fsp3) is 0.871. The van der Waals surface area contributed by atoms with Crippen molar-refractivity contribution in [2.75, 3.05) is 26.4 Å². The van der Waals surface area contributed by atoms with Crippen molar-refractivity contribution < 1.29 is 52.2 Å². The number of allylic oxidation sites excluding steroid dienone is 6. The molecule has 0 aliphatic rings. The summed E-state index contributed by atoms with van der Waals surface area (Å²) < 4.78 is 39.8. The van der Waals surface area contributed by atoms with E-state index in [0.29, 0.717) is 19.3 Å². The summed E-state index contributed by atoms with van der Waals surface area (Å²) in [6.07, 6.45) is 70.9. The molecule has 0 radical (unpaired) electrons. The maximum absolute atomic E-state index is 13.0. The van der Waals surface area contributed by atoms with Crippen LogP contribution in [0.3, 0.4) is 0 Å². The minimum absolute atomic E-state index is 0.172. The molecular formula is C70H131O11P. The van der Waals surface area contributed by atoms with Gasteiger partial charge in [-0.25, -0.2) is 4.57 Å². The van der Waals surface area contributed by atoms with E-state index in [9.17, 15) is 28.9 Å². The summed E-state index contributed by atoms with van der Waals surface area (Å²) in [5.74, 6) is -1.44. The molecule has 0 spiro atoms. The summed E-state index contributed by atoms with van der Waals surface area (Å²) in [6, 6.07) is 0. The highest BCUT2D eigenvalue weighted by Crippen LogP contribution is 2.43. The van der Waals surface area contributed by atoms with Crippen molar-refractivity contribution in [3.05, 3.63) is 36.5 Å². The van der Waals surface area contributed by atoms with E-state index in [1.165, 1.54) is 212 Å². The summed E-state index contributed by atoms with van der Waals surface area (Å²) in [7, 11) is -4.75. The molecule has 0 amide bonds. The van der Waals surface area contributed by atoms with Gasteiger partial charge in [-0.1, -0.05) is 320 Å². The predicted octanol–water partition coefficient (Wildman–Crippen LogP) is 21.5. The van der Waals surface area contributed by atoms with Gasteiger partial charge in [0.25, 0.3) is 0 Å².